The standard InChI is InChI=1S/C20H34FN5/c1-6-25(7-2)18-10-11-26(15-18)20(22-3)23-13-16-8-9-19(21)17(12-16)14-24(4)5/h8-9,12,18H,6-7,10-11,13-15H2,1-5H3,(H,22,23). The van der Waals surface area contributed by atoms with Crippen molar-refractivity contribution < 1.29 is 4.39 Å². The molecule has 5 nitrogen and oxygen atoms in total. The van der Waals surface area contributed by atoms with Gasteiger partial charge in [-0.2, -0.15) is 0 Å². The van der Waals surface area contributed by atoms with Crippen molar-refractivity contribution in [2.24, 2.45) is 4.99 Å². The van der Waals surface area contributed by atoms with E-state index in [4.69, 9.17) is 0 Å². The Morgan fingerprint density at radius 2 is 2.04 bits per heavy atom. The van der Waals surface area contributed by atoms with Gasteiger partial charge in [-0.25, -0.2) is 4.39 Å². The molecule has 1 N–H and O–H groups in total. The van der Waals surface area contributed by atoms with Crippen LogP contribution in [0.1, 0.15) is 31.4 Å². The first kappa shape index (κ1) is 20.6. The first-order valence-corrected chi connectivity index (χ1v) is 9.60. The van der Waals surface area contributed by atoms with Crippen molar-refractivity contribution in [1.29, 1.82) is 0 Å². The minimum absolute atomic E-state index is 0.145. The summed E-state index contributed by atoms with van der Waals surface area (Å²) in [6.07, 6.45) is 1.17. The summed E-state index contributed by atoms with van der Waals surface area (Å²) in [5.41, 5.74) is 1.80. The highest BCUT2D eigenvalue weighted by atomic mass is 19.1. The van der Waals surface area contributed by atoms with Crippen LogP contribution < -0.4 is 5.32 Å². The second-order valence-electron chi connectivity index (χ2n) is 7.17. The highest BCUT2D eigenvalue weighted by molar-refractivity contribution is 5.80. The molecule has 0 radical (unpaired) electrons. The minimum atomic E-state index is -0.145. The fourth-order valence-electron chi connectivity index (χ4n) is 3.69. The maximum absolute atomic E-state index is 13.9. The lowest BCUT2D eigenvalue weighted by molar-refractivity contribution is 0.223. The molecule has 0 saturated carbocycles. The van der Waals surface area contributed by atoms with E-state index in [-0.39, 0.29) is 5.82 Å². The van der Waals surface area contributed by atoms with Crippen LogP contribution in [0, 0.1) is 5.82 Å². The molecule has 0 spiro atoms. The number of hydrogen-bond acceptors (Lipinski definition) is 3. The van der Waals surface area contributed by atoms with Crippen LogP contribution in [-0.4, -0.2) is 74.0 Å². The third-order valence-electron chi connectivity index (χ3n) is 5.05. The summed E-state index contributed by atoms with van der Waals surface area (Å²) in [5, 5.41) is 3.44. The molecule has 0 amide bonds. The van der Waals surface area contributed by atoms with Gasteiger partial charge in [0.2, 0.25) is 0 Å². The van der Waals surface area contributed by atoms with Crippen LogP contribution in [0.3, 0.4) is 0 Å². The van der Waals surface area contributed by atoms with Crippen LogP contribution in [0.15, 0.2) is 23.2 Å². The van der Waals surface area contributed by atoms with Crippen LogP contribution in [-0.2, 0) is 13.1 Å². The molecule has 6 heteroatoms. The molecule has 1 heterocycles. The zero-order valence-corrected chi connectivity index (χ0v) is 16.9. The number of nitrogens with one attached hydrogen (secondary N) is 1. The van der Waals surface area contributed by atoms with Crippen LogP contribution >= 0.6 is 0 Å². The zero-order chi connectivity index (χ0) is 19.1. The summed E-state index contributed by atoms with van der Waals surface area (Å²) in [5.74, 6) is 0.784. The molecular weight excluding hydrogens is 329 g/mol. The first-order valence-electron chi connectivity index (χ1n) is 9.60. The van der Waals surface area contributed by atoms with Gasteiger partial charge in [0.25, 0.3) is 0 Å². The SMILES string of the molecule is CCN(CC)C1CCN(C(=NC)NCc2ccc(F)c(CN(C)C)c2)C1. The normalized spacial score (nSPS) is 18.2. The summed E-state index contributed by atoms with van der Waals surface area (Å²) >= 11 is 0. The van der Waals surface area contributed by atoms with Gasteiger partial charge in [0, 0.05) is 44.8 Å². The maximum Gasteiger partial charge on any atom is 0.193 e. The summed E-state index contributed by atoms with van der Waals surface area (Å²) < 4.78 is 13.9. The van der Waals surface area contributed by atoms with Crippen molar-refractivity contribution in [2.45, 2.75) is 39.4 Å². The Morgan fingerprint density at radius 1 is 1.31 bits per heavy atom. The quantitative estimate of drug-likeness (QED) is 0.596. The van der Waals surface area contributed by atoms with E-state index in [1.807, 2.05) is 38.2 Å². The summed E-state index contributed by atoms with van der Waals surface area (Å²) in [6.45, 7) is 9.91. The topological polar surface area (TPSA) is 34.1 Å². The van der Waals surface area contributed by atoms with Crippen molar-refractivity contribution in [3.8, 4) is 0 Å². The van der Waals surface area contributed by atoms with Gasteiger partial charge in [-0.05, 0) is 51.3 Å². The second kappa shape index (κ2) is 9.88. The number of hydrogen-bond donors (Lipinski definition) is 1. The molecule has 1 unspecified atom stereocenters. The summed E-state index contributed by atoms with van der Waals surface area (Å²) in [4.78, 5) is 11.3. The van der Waals surface area contributed by atoms with Crippen molar-refractivity contribution in [3.63, 3.8) is 0 Å². The van der Waals surface area contributed by atoms with Crippen molar-refractivity contribution in [1.82, 2.24) is 20.0 Å². The average Bonchev–Trinajstić information content (AvgIpc) is 3.08. The number of aliphatic imine (C=N–C) groups is 1. The van der Waals surface area contributed by atoms with E-state index in [1.54, 1.807) is 6.07 Å². The lowest BCUT2D eigenvalue weighted by Gasteiger charge is -2.27. The molecule has 1 saturated heterocycles. The molecule has 1 aliphatic heterocycles. The monoisotopic (exact) mass is 363 g/mol. The lowest BCUT2D eigenvalue weighted by atomic mass is 10.1. The summed E-state index contributed by atoms with van der Waals surface area (Å²) in [7, 11) is 5.73. The number of nitrogens with zero attached hydrogens (tertiary/aromatic N) is 4. The van der Waals surface area contributed by atoms with Gasteiger partial charge in [0.05, 0.1) is 0 Å². The Balaban J connectivity index is 1.95. The Bertz CT molecular complexity index is 598. The molecule has 0 aliphatic carbocycles. The van der Waals surface area contributed by atoms with Crippen molar-refractivity contribution in [2.75, 3.05) is 47.3 Å². The van der Waals surface area contributed by atoms with Gasteiger partial charge in [-0.15, -0.1) is 0 Å². The van der Waals surface area contributed by atoms with Crippen LogP contribution in [0.25, 0.3) is 0 Å². The number of likely N-dealkylation sites (tertiary alicyclic amines) is 1. The molecule has 0 bridgehead atoms. The Morgan fingerprint density at radius 3 is 2.65 bits per heavy atom. The predicted molar refractivity (Wildman–Crippen MR) is 107 cm³/mol. The predicted octanol–water partition coefficient (Wildman–Crippen LogP) is 2.38. The molecule has 1 atom stereocenters. The van der Waals surface area contributed by atoms with E-state index in [9.17, 15) is 4.39 Å². The molecule has 26 heavy (non-hydrogen) atoms. The van der Waals surface area contributed by atoms with E-state index in [0.717, 1.165) is 43.3 Å². The number of rotatable bonds is 7. The average molecular weight is 364 g/mol. The van der Waals surface area contributed by atoms with Crippen LogP contribution in [0.2, 0.25) is 0 Å². The first-order chi connectivity index (χ1) is 12.5. The highest BCUT2D eigenvalue weighted by Crippen LogP contribution is 2.16. The van der Waals surface area contributed by atoms with Gasteiger partial charge in [-0.1, -0.05) is 19.9 Å². The van der Waals surface area contributed by atoms with Gasteiger partial charge in [0.15, 0.2) is 5.96 Å². The molecular formula is C20H34FN5. The number of guanidine groups is 1. The second-order valence-corrected chi connectivity index (χ2v) is 7.17. The van der Waals surface area contributed by atoms with Crippen LogP contribution in [0.5, 0.6) is 0 Å². The fraction of sp³-hybridized carbons (Fsp3) is 0.650. The molecule has 1 aromatic rings. The van der Waals surface area contributed by atoms with Gasteiger partial charge in [-0.3, -0.25) is 9.89 Å². The smallest absolute Gasteiger partial charge is 0.193 e. The largest absolute Gasteiger partial charge is 0.352 e. The third kappa shape index (κ3) is 5.42. The van der Waals surface area contributed by atoms with E-state index >= 15 is 0 Å². The minimum Gasteiger partial charge on any atom is -0.352 e. The molecule has 0 aromatic heterocycles. The van der Waals surface area contributed by atoms with E-state index in [1.165, 1.54) is 6.42 Å². The number of benzene rings is 1. The molecule has 1 aromatic carbocycles. The third-order valence-corrected chi connectivity index (χ3v) is 5.05. The van der Waals surface area contributed by atoms with Gasteiger partial charge < -0.3 is 15.1 Å². The van der Waals surface area contributed by atoms with Gasteiger partial charge in [0.1, 0.15) is 5.82 Å². The summed E-state index contributed by atoms with van der Waals surface area (Å²) in [6, 6.07) is 5.95. The molecule has 2 rings (SSSR count). The van der Waals surface area contributed by atoms with E-state index < -0.39 is 0 Å². The lowest BCUT2D eigenvalue weighted by Crippen LogP contribution is -2.43. The number of halogens is 1. The maximum atomic E-state index is 13.9. The molecule has 1 fully saturated rings. The van der Waals surface area contributed by atoms with Crippen molar-refractivity contribution >= 4 is 5.96 Å². The van der Waals surface area contributed by atoms with Gasteiger partial charge >= 0.3 is 0 Å². The van der Waals surface area contributed by atoms with Crippen LogP contribution in [0.4, 0.5) is 4.39 Å². The highest BCUT2D eigenvalue weighted by Gasteiger charge is 2.27. The Labute approximate surface area is 157 Å². The Hall–Kier alpha value is -1.66. The van der Waals surface area contributed by atoms with E-state index in [0.29, 0.717) is 19.1 Å². The Kier molecular flexibility index (Phi) is 7.85. The molecule has 1 aliphatic rings. The van der Waals surface area contributed by atoms with Crippen molar-refractivity contribution in [3.05, 3.63) is 35.1 Å². The van der Waals surface area contributed by atoms with E-state index in [2.05, 4.69) is 34.0 Å². The number of likely N-dealkylation sites (N-methyl/N-ethyl adjacent to an activating group) is 1. The fourth-order valence-corrected chi connectivity index (χ4v) is 3.69. The zero-order valence-electron chi connectivity index (χ0n) is 16.9. The molecule has 146 valence electrons.